The number of likely N-dealkylation sites (N-methyl/N-ethyl adjacent to an activating group) is 1. The van der Waals surface area contributed by atoms with Crippen LogP contribution >= 0.6 is 11.6 Å². The lowest BCUT2D eigenvalue weighted by atomic mass is 10.2. The quantitative estimate of drug-likeness (QED) is 0.784. The Morgan fingerprint density at radius 1 is 1.55 bits per heavy atom. The third-order valence-corrected chi connectivity index (χ3v) is 3.19. The van der Waals surface area contributed by atoms with Crippen LogP contribution in [0.4, 0.5) is 5.82 Å². The highest BCUT2D eigenvalue weighted by Gasteiger charge is 2.30. The van der Waals surface area contributed by atoms with Crippen molar-refractivity contribution >= 4 is 29.3 Å². The van der Waals surface area contributed by atoms with Crippen LogP contribution in [0.2, 0.25) is 5.15 Å². The van der Waals surface area contributed by atoms with Crippen LogP contribution in [0, 0.1) is 0 Å². The van der Waals surface area contributed by atoms with Gasteiger partial charge >= 0.3 is 5.97 Å². The Hall–Kier alpha value is -1.86. The number of aromatic carboxylic acids is 1. The summed E-state index contributed by atoms with van der Waals surface area (Å²) in [5.74, 6) is -0.963. The van der Waals surface area contributed by atoms with Gasteiger partial charge in [0.25, 0.3) is 0 Å². The number of carbonyl (C=O) groups is 2. The molecule has 1 unspecified atom stereocenters. The van der Waals surface area contributed by atoms with Gasteiger partial charge in [-0.1, -0.05) is 11.6 Å². The van der Waals surface area contributed by atoms with E-state index < -0.39 is 12.0 Å². The lowest BCUT2D eigenvalue weighted by molar-refractivity contribution is -0.124. The number of aromatic nitrogens is 1. The van der Waals surface area contributed by atoms with Gasteiger partial charge in [0, 0.05) is 13.6 Å². The molecule has 1 aromatic rings. The SMILES string of the molecule is CNC(=O)C1COCCN1c1cc(C(=O)O)cc(Cl)n1. The number of nitrogens with zero attached hydrogens (tertiary/aromatic N) is 2. The van der Waals surface area contributed by atoms with E-state index in [2.05, 4.69) is 10.3 Å². The number of carboxylic acid groups (broad SMARTS) is 1. The predicted molar refractivity (Wildman–Crippen MR) is 72.2 cm³/mol. The molecule has 0 spiro atoms. The van der Waals surface area contributed by atoms with Gasteiger partial charge in [0.05, 0.1) is 18.8 Å². The zero-order chi connectivity index (χ0) is 14.7. The van der Waals surface area contributed by atoms with Crippen molar-refractivity contribution in [3.63, 3.8) is 0 Å². The number of carboxylic acids is 1. The van der Waals surface area contributed by atoms with E-state index in [0.29, 0.717) is 19.0 Å². The number of hydrogen-bond donors (Lipinski definition) is 2. The van der Waals surface area contributed by atoms with Crippen LogP contribution in [0.15, 0.2) is 12.1 Å². The third kappa shape index (κ3) is 3.00. The predicted octanol–water partition coefficient (Wildman–Crippen LogP) is 0.384. The highest BCUT2D eigenvalue weighted by molar-refractivity contribution is 6.29. The summed E-state index contributed by atoms with van der Waals surface area (Å²) in [7, 11) is 1.53. The third-order valence-electron chi connectivity index (χ3n) is 3.00. The first-order valence-corrected chi connectivity index (χ1v) is 6.37. The molecule has 20 heavy (non-hydrogen) atoms. The van der Waals surface area contributed by atoms with Gasteiger partial charge in [0.15, 0.2) is 0 Å². The van der Waals surface area contributed by atoms with E-state index >= 15 is 0 Å². The van der Waals surface area contributed by atoms with Crippen molar-refractivity contribution in [3.8, 4) is 0 Å². The average Bonchev–Trinajstić information content (AvgIpc) is 2.45. The van der Waals surface area contributed by atoms with E-state index in [1.807, 2.05) is 0 Å². The lowest BCUT2D eigenvalue weighted by Gasteiger charge is -2.35. The molecule has 1 atom stereocenters. The highest BCUT2D eigenvalue weighted by Crippen LogP contribution is 2.22. The zero-order valence-corrected chi connectivity index (χ0v) is 11.6. The molecule has 0 aliphatic carbocycles. The lowest BCUT2D eigenvalue weighted by Crippen LogP contribution is -2.53. The molecule has 1 aromatic heterocycles. The van der Waals surface area contributed by atoms with Crippen LogP contribution in [0.25, 0.3) is 0 Å². The maximum absolute atomic E-state index is 11.8. The molecule has 2 N–H and O–H groups in total. The molecule has 108 valence electrons. The number of rotatable bonds is 3. The maximum atomic E-state index is 11.8. The first-order valence-electron chi connectivity index (χ1n) is 6.00. The minimum absolute atomic E-state index is 0.0298. The Balaban J connectivity index is 2.37. The van der Waals surface area contributed by atoms with Gasteiger partial charge in [0.1, 0.15) is 17.0 Å². The molecule has 2 heterocycles. The summed E-state index contributed by atoms with van der Waals surface area (Å²) in [6.45, 7) is 1.09. The van der Waals surface area contributed by atoms with Crippen LogP contribution in [0.1, 0.15) is 10.4 Å². The molecule has 0 radical (unpaired) electrons. The Morgan fingerprint density at radius 2 is 2.30 bits per heavy atom. The minimum Gasteiger partial charge on any atom is -0.478 e. The zero-order valence-electron chi connectivity index (χ0n) is 10.8. The summed E-state index contributed by atoms with van der Waals surface area (Å²) < 4.78 is 5.29. The van der Waals surface area contributed by atoms with E-state index in [-0.39, 0.29) is 23.2 Å². The number of hydrogen-bond acceptors (Lipinski definition) is 5. The summed E-state index contributed by atoms with van der Waals surface area (Å²) in [6.07, 6.45) is 0. The molecular weight excluding hydrogens is 286 g/mol. The van der Waals surface area contributed by atoms with Crippen LogP contribution in [0.3, 0.4) is 0 Å². The number of amides is 1. The molecule has 0 aromatic carbocycles. The summed E-state index contributed by atoms with van der Waals surface area (Å²) in [4.78, 5) is 28.7. The van der Waals surface area contributed by atoms with Crippen LogP contribution in [-0.4, -0.2) is 54.8 Å². The highest BCUT2D eigenvalue weighted by atomic mass is 35.5. The van der Waals surface area contributed by atoms with E-state index in [1.54, 1.807) is 4.90 Å². The molecule has 0 saturated carbocycles. The maximum Gasteiger partial charge on any atom is 0.335 e. The van der Waals surface area contributed by atoms with Crippen molar-refractivity contribution in [2.24, 2.45) is 0 Å². The van der Waals surface area contributed by atoms with Gasteiger partial charge in [-0.3, -0.25) is 4.79 Å². The van der Waals surface area contributed by atoms with Crippen molar-refractivity contribution in [1.29, 1.82) is 0 Å². The molecule has 1 aliphatic heterocycles. The van der Waals surface area contributed by atoms with Crippen LogP contribution in [-0.2, 0) is 9.53 Å². The Bertz CT molecular complexity index is 537. The summed E-state index contributed by atoms with van der Waals surface area (Å²) in [5.41, 5.74) is 0.0298. The number of carbonyl (C=O) groups excluding carboxylic acids is 1. The molecule has 0 bridgehead atoms. The number of nitrogens with one attached hydrogen (secondary N) is 1. The van der Waals surface area contributed by atoms with Crippen molar-refractivity contribution in [2.75, 3.05) is 31.7 Å². The standard InChI is InChI=1S/C12H14ClN3O4/c1-14-11(17)8-6-20-3-2-16(8)10-5-7(12(18)19)4-9(13)15-10/h4-5,8H,2-3,6H2,1H3,(H,14,17)(H,18,19). The van der Waals surface area contributed by atoms with Gasteiger partial charge in [-0.05, 0) is 12.1 Å². The van der Waals surface area contributed by atoms with E-state index in [4.69, 9.17) is 21.4 Å². The summed E-state index contributed by atoms with van der Waals surface area (Å²) in [5, 5.41) is 11.7. The second kappa shape index (κ2) is 6.06. The molecule has 1 fully saturated rings. The minimum atomic E-state index is -1.10. The second-order valence-corrected chi connectivity index (χ2v) is 4.63. The monoisotopic (exact) mass is 299 g/mol. The van der Waals surface area contributed by atoms with Crippen molar-refractivity contribution in [3.05, 3.63) is 22.8 Å². The molecule has 1 amide bonds. The number of halogens is 1. The van der Waals surface area contributed by atoms with Crippen molar-refractivity contribution < 1.29 is 19.4 Å². The average molecular weight is 300 g/mol. The second-order valence-electron chi connectivity index (χ2n) is 4.24. The Labute approximate surface area is 120 Å². The Morgan fingerprint density at radius 3 is 2.95 bits per heavy atom. The first kappa shape index (κ1) is 14.5. The van der Waals surface area contributed by atoms with Gasteiger partial charge in [-0.2, -0.15) is 0 Å². The van der Waals surface area contributed by atoms with E-state index in [0.717, 1.165) is 0 Å². The summed E-state index contributed by atoms with van der Waals surface area (Å²) in [6, 6.07) is 2.11. The fraction of sp³-hybridized carbons (Fsp3) is 0.417. The molecule has 1 saturated heterocycles. The number of pyridine rings is 1. The van der Waals surface area contributed by atoms with Gasteiger partial charge in [0.2, 0.25) is 5.91 Å². The van der Waals surface area contributed by atoms with Crippen LogP contribution in [0.5, 0.6) is 0 Å². The van der Waals surface area contributed by atoms with Crippen molar-refractivity contribution in [1.82, 2.24) is 10.3 Å². The summed E-state index contributed by atoms with van der Waals surface area (Å²) >= 11 is 5.84. The molecule has 2 rings (SSSR count). The fourth-order valence-corrected chi connectivity index (χ4v) is 2.22. The molecular formula is C12H14ClN3O4. The van der Waals surface area contributed by atoms with E-state index in [1.165, 1.54) is 19.2 Å². The van der Waals surface area contributed by atoms with Crippen LogP contribution < -0.4 is 10.2 Å². The number of anilines is 1. The fourth-order valence-electron chi connectivity index (χ4n) is 2.02. The largest absolute Gasteiger partial charge is 0.478 e. The molecule has 8 heteroatoms. The molecule has 1 aliphatic rings. The Kier molecular flexibility index (Phi) is 4.41. The number of morpholine rings is 1. The van der Waals surface area contributed by atoms with Gasteiger partial charge < -0.3 is 20.1 Å². The van der Waals surface area contributed by atoms with Gasteiger partial charge in [-0.25, -0.2) is 9.78 Å². The number of ether oxygens (including phenoxy) is 1. The smallest absolute Gasteiger partial charge is 0.335 e. The normalized spacial score (nSPS) is 18.7. The molecule has 7 nitrogen and oxygen atoms in total. The van der Waals surface area contributed by atoms with Crippen molar-refractivity contribution in [2.45, 2.75) is 6.04 Å². The topological polar surface area (TPSA) is 91.8 Å². The van der Waals surface area contributed by atoms with E-state index in [9.17, 15) is 9.59 Å². The van der Waals surface area contributed by atoms with Gasteiger partial charge in [-0.15, -0.1) is 0 Å². The first-order chi connectivity index (χ1) is 9.52.